The first-order valence-electron chi connectivity index (χ1n) is 6.86. The van der Waals surface area contributed by atoms with Gasteiger partial charge in [0, 0.05) is 19.2 Å². The molecule has 120 valence electrons. The molecule has 0 aliphatic carbocycles. The van der Waals surface area contributed by atoms with Crippen LogP contribution in [-0.4, -0.2) is 24.8 Å². The molecule has 0 aliphatic heterocycles. The number of carbonyl (C=O) groups excluding carboxylic acids is 3. The molecule has 23 heavy (non-hydrogen) atoms. The summed E-state index contributed by atoms with van der Waals surface area (Å²) in [6.07, 6.45) is 0. The lowest BCUT2D eigenvalue weighted by Gasteiger charge is -2.16. The molecule has 6 nitrogen and oxygen atoms in total. The second-order valence-corrected chi connectivity index (χ2v) is 4.88. The number of carbonyl (C=O) groups is 3. The molecule has 6 heteroatoms. The second kappa shape index (κ2) is 6.48. The monoisotopic (exact) mass is 316 g/mol. The number of ketones is 1. The molecule has 0 atom stereocenters. The van der Waals surface area contributed by atoms with Gasteiger partial charge in [0.05, 0.1) is 18.1 Å². The average Bonchev–Trinajstić information content (AvgIpc) is 2.47. The van der Waals surface area contributed by atoms with E-state index in [1.807, 2.05) is 0 Å². The molecule has 0 unspecified atom stereocenters. The minimum absolute atomic E-state index is 0.0911. The van der Waals surface area contributed by atoms with Gasteiger partial charge in [-0.2, -0.15) is 0 Å². The van der Waals surface area contributed by atoms with Crippen molar-refractivity contribution in [1.82, 2.24) is 0 Å². The van der Waals surface area contributed by atoms with Gasteiger partial charge in [0.2, 0.25) is 0 Å². The van der Waals surface area contributed by atoms with Crippen LogP contribution in [0.15, 0.2) is 24.3 Å². The van der Waals surface area contributed by atoms with Gasteiger partial charge in [-0.05, 0) is 19.1 Å². The summed E-state index contributed by atoms with van der Waals surface area (Å²) >= 11 is 0. The fraction of sp³-hybridized carbons (Fsp3) is 0.235. The van der Waals surface area contributed by atoms with Crippen LogP contribution in [0.4, 0.5) is 0 Å². The SMILES string of the molecule is COc1cccc2c(OC(C)=O)cc(C(C)=O)c(OC(C)=O)c12. The molecule has 2 aromatic carbocycles. The minimum atomic E-state index is -0.569. The maximum absolute atomic E-state index is 12.0. The molecule has 0 fully saturated rings. The van der Waals surface area contributed by atoms with Gasteiger partial charge < -0.3 is 14.2 Å². The molecule has 2 rings (SSSR count). The van der Waals surface area contributed by atoms with E-state index < -0.39 is 11.9 Å². The Bertz CT molecular complexity index is 806. The maximum atomic E-state index is 12.0. The summed E-state index contributed by atoms with van der Waals surface area (Å²) in [7, 11) is 1.46. The van der Waals surface area contributed by atoms with Crippen LogP contribution >= 0.6 is 0 Å². The highest BCUT2D eigenvalue weighted by Crippen LogP contribution is 2.42. The van der Waals surface area contributed by atoms with Crippen LogP contribution in [0.1, 0.15) is 31.1 Å². The van der Waals surface area contributed by atoms with Crippen molar-refractivity contribution in [3.8, 4) is 17.2 Å². The molecule has 2 aromatic rings. The fourth-order valence-corrected chi connectivity index (χ4v) is 2.30. The molecule has 0 bridgehead atoms. The summed E-state index contributed by atoms with van der Waals surface area (Å²) in [5, 5.41) is 0.898. The van der Waals surface area contributed by atoms with Crippen LogP contribution in [0, 0.1) is 0 Å². The fourth-order valence-electron chi connectivity index (χ4n) is 2.30. The quantitative estimate of drug-likeness (QED) is 0.490. The first-order valence-corrected chi connectivity index (χ1v) is 6.86. The number of esters is 2. The van der Waals surface area contributed by atoms with E-state index in [9.17, 15) is 14.4 Å². The lowest BCUT2D eigenvalue weighted by Crippen LogP contribution is -2.09. The number of methoxy groups -OCH3 is 1. The van der Waals surface area contributed by atoms with E-state index in [-0.39, 0.29) is 22.8 Å². The standard InChI is InChI=1S/C17H16O6/c1-9(18)13-8-15(22-10(2)19)12-6-5-7-14(21-4)16(12)17(13)23-11(3)20/h5-8H,1-4H3. The van der Waals surface area contributed by atoms with Crippen LogP contribution < -0.4 is 14.2 Å². The predicted molar refractivity (Wildman–Crippen MR) is 83.1 cm³/mol. The van der Waals surface area contributed by atoms with Crippen LogP contribution in [0.3, 0.4) is 0 Å². The number of benzene rings is 2. The first-order chi connectivity index (χ1) is 10.8. The summed E-state index contributed by atoms with van der Waals surface area (Å²) in [6.45, 7) is 3.84. The Morgan fingerprint density at radius 1 is 0.913 bits per heavy atom. The maximum Gasteiger partial charge on any atom is 0.308 e. The zero-order valence-corrected chi connectivity index (χ0v) is 13.3. The number of ether oxygens (including phenoxy) is 3. The topological polar surface area (TPSA) is 78.9 Å². The van der Waals surface area contributed by atoms with Crippen LogP contribution in [0.5, 0.6) is 17.2 Å². The predicted octanol–water partition coefficient (Wildman–Crippen LogP) is 2.90. The average molecular weight is 316 g/mol. The van der Waals surface area contributed by atoms with Crippen molar-refractivity contribution >= 4 is 28.5 Å². The minimum Gasteiger partial charge on any atom is -0.496 e. The number of rotatable bonds is 4. The van der Waals surface area contributed by atoms with Gasteiger partial charge in [-0.15, -0.1) is 0 Å². The van der Waals surface area contributed by atoms with Crippen molar-refractivity contribution in [2.45, 2.75) is 20.8 Å². The number of Topliss-reactive ketones (excluding diaryl/α,β-unsaturated/α-hetero) is 1. The zero-order chi connectivity index (χ0) is 17.1. The smallest absolute Gasteiger partial charge is 0.308 e. The van der Waals surface area contributed by atoms with Crippen LogP contribution in [0.2, 0.25) is 0 Å². The first kappa shape index (κ1) is 16.5. The third kappa shape index (κ3) is 3.31. The highest BCUT2D eigenvalue weighted by molar-refractivity contribution is 6.09. The lowest BCUT2D eigenvalue weighted by molar-refractivity contribution is -0.132. The van der Waals surface area contributed by atoms with Crippen molar-refractivity contribution < 1.29 is 28.6 Å². The zero-order valence-electron chi connectivity index (χ0n) is 13.3. The Balaban J connectivity index is 2.93. The van der Waals surface area contributed by atoms with Gasteiger partial charge in [-0.1, -0.05) is 12.1 Å². The molecular formula is C17H16O6. The van der Waals surface area contributed by atoms with Crippen molar-refractivity contribution in [3.63, 3.8) is 0 Å². The van der Waals surface area contributed by atoms with Gasteiger partial charge in [0.25, 0.3) is 0 Å². The Hall–Kier alpha value is -2.89. The Morgan fingerprint density at radius 3 is 2.09 bits per heavy atom. The molecule has 0 radical (unpaired) electrons. The van der Waals surface area contributed by atoms with Crippen molar-refractivity contribution in [1.29, 1.82) is 0 Å². The molecule has 0 aromatic heterocycles. The second-order valence-electron chi connectivity index (χ2n) is 4.88. The van der Waals surface area contributed by atoms with Gasteiger partial charge in [0.15, 0.2) is 11.5 Å². The van der Waals surface area contributed by atoms with E-state index >= 15 is 0 Å². The van der Waals surface area contributed by atoms with E-state index in [1.54, 1.807) is 18.2 Å². The number of hydrogen-bond donors (Lipinski definition) is 0. The Labute approximate surface area is 132 Å². The number of hydrogen-bond acceptors (Lipinski definition) is 6. The van der Waals surface area contributed by atoms with Crippen molar-refractivity contribution in [2.75, 3.05) is 7.11 Å². The van der Waals surface area contributed by atoms with Gasteiger partial charge in [0.1, 0.15) is 11.5 Å². The summed E-state index contributed by atoms with van der Waals surface area (Å²) < 4.78 is 15.7. The molecular weight excluding hydrogens is 300 g/mol. The summed E-state index contributed by atoms with van der Waals surface area (Å²) in [5.74, 6) is -0.734. The van der Waals surface area contributed by atoms with E-state index in [1.165, 1.54) is 33.9 Å². The lowest BCUT2D eigenvalue weighted by atomic mass is 10.0. The van der Waals surface area contributed by atoms with Gasteiger partial charge in [-0.3, -0.25) is 14.4 Å². The Morgan fingerprint density at radius 2 is 1.57 bits per heavy atom. The van der Waals surface area contributed by atoms with Crippen LogP contribution in [-0.2, 0) is 9.59 Å². The number of fused-ring (bicyclic) bond motifs is 1. The van der Waals surface area contributed by atoms with E-state index in [2.05, 4.69) is 0 Å². The molecule has 0 heterocycles. The summed E-state index contributed by atoms with van der Waals surface area (Å²) in [4.78, 5) is 34.7. The highest BCUT2D eigenvalue weighted by atomic mass is 16.5. The van der Waals surface area contributed by atoms with Gasteiger partial charge in [-0.25, -0.2) is 0 Å². The molecule has 0 N–H and O–H groups in total. The van der Waals surface area contributed by atoms with Gasteiger partial charge >= 0.3 is 11.9 Å². The third-order valence-corrected chi connectivity index (χ3v) is 3.14. The van der Waals surface area contributed by atoms with E-state index in [4.69, 9.17) is 14.2 Å². The summed E-state index contributed by atoms with van der Waals surface area (Å²) in [5.41, 5.74) is 0.133. The largest absolute Gasteiger partial charge is 0.496 e. The molecule has 0 aliphatic rings. The van der Waals surface area contributed by atoms with Crippen molar-refractivity contribution in [3.05, 3.63) is 29.8 Å². The van der Waals surface area contributed by atoms with E-state index in [0.29, 0.717) is 16.5 Å². The Kier molecular flexibility index (Phi) is 4.64. The molecule has 0 saturated heterocycles. The van der Waals surface area contributed by atoms with E-state index in [0.717, 1.165) is 0 Å². The third-order valence-electron chi connectivity index (χ3n) is 3.14. The molecule has 0 spiro atoms. The highest BCUT2D eigenvalue weighted by Gasteiger charge is 2.22. The normalized spacial score (nSPS) is 10.3. The van der Waals surface area contributed by atoms with Crippen molar-refractivity contribution in [2.24, 2.45) is 0 Å². The van der Waals surface area contributed by atoms with Crippen LogP contribution in [0.25, 0.3) is 10.8 Å². The molecule has 0 saturated carbocycles. The summed E-state index contributed by atoms with van der Waals surface area (Å²) in [6, 6.07) is 6.45. The molecule has 0 amide bonds.